The van der Waals surface area contributed by atoms with Crippen molar-refractivity contribution in [2.24, 2.45) is 0 Å². The monoisotopic (exact) mass is 336 g/mol. The number of quaternary nitrogens is 1. The molecule has 1 N–H and O–H groups in total. The SMILES string of the molecule is Cc1ccc(S(=O)(=O)NCC[N+](C)(C)C)cc1.[Br-]. The number of likely N-dealkylation sites (N-methyl/N-ethyl adjacent to an activating group) is 1. The summed E-state index contributed by atoms with van der Waals surface area (Å²) in [4.78, 5) is 0.324. The average Bonchev–Trinajstić information content (AvgIpc) is 2.15. The highest BCUT2D eigenvalue weighted by Crippen LogP contribution is 2.09. The molecule has 0 heterocycles. The Kier molecular flexibility index (Phi) is 6.50. The first-order valence-electron chi connectivity index (χ1n) is 5.57. The van der Waals surface area contributed by atoms with E-state index >= 15 is 0 Å². The van der Waals surface area contributed by atoms with E-state index in [1.165, 1.54) is 0 Å². The van der Waals surface area contributed by atoms with Crippen molar-refractivity contribution in [2.75, 3.05) is 34.2 Å². The average molecular weight is 337 g/mol. The number of nitrogens with one attached hydrogen (secondary N) is 1. The third kappa shape index (κ3) is 5.95. The van der Waals surface area contributed by atoms with Crippen LogP contribution in [-0.4, -0.2) is 47.1 Å². The minimum Gasteiger partial charge on any atom is -1.00 e. The zero-order valence-electron chi connectivity index (χ0n) is 11.3. The molecule has 1 aromatic rings. The van der Waals surface area contributed by atoms with E-state index in [1.807, 2.05) is 28.1 Å². The molecule has 6 heteroatoms. The lowest BCUT2D eigenvalue weighted by molar-refractivity contribution is -0.869. The maximum absolute atomic E-state index is 11.9. The molecule has 0 bridgehead atoms. The van der Waals surface area contributed by atoms with Crippen LogP contribution in [0, 0.1) is 6.92 Å². The molecular weight excluding hydrogens is 316 g/mol. The Bertz CT molecular complexity index is 464. The van der Waals surface area contributed by atoms with E-state index in [0.717, 1.165) is 16.6 Å². The second-order valence-corrected chi connectivity index (χ2v) is 6.99. The maximum atomic E-state index is 11.9. The standard InChI is InChI=1S/C12H21N2O2S.BrH/c1-11-5-7-12(8-6-11)17(15,16)13-9-10-14(2,3)4;/h5-8,13H,9-10H2,1-4H3;1H/q+1;/p-1. The van der Waals surface area contributed by atoms with Gasteiger partial charge in [-0.2, -0.15) is 0 Å². The van der Waals surface area contributed by atoms with Crippen LogP contribution in [-0.2, 0) is 10.0 Å². The molecule has 104 valence electrons. The number of hydrogen-bond donors (Lipinski definition) is 1. The highest BCUT2D eigenvalue weighted by atomic mass is 79.9. The number of hydrogen-bond acceptors (Lipinski definition) is 2. The van der Waals surface area contributed by atoms with E-state index in [4.69, 9.17) is 0 Å². The number of nitrogens with zero attached hydrogens (tertiary/aromatic N) is 1. The van der Waals surface area contributed by atoms with Crippen molar-refractivity contribution in [3.8, 4) is 0 Å². The summed E-state index contributed by atoms with van der Waals surface area (Å²) < 4.78 is 27.2. The third-order valence-corrected chi connectivity index (χ3v) is 3.88. The van der Waals surface area contributed by atoms with Gasteiger partial charge in [0.1, 0.15) is 0 Å². The molecule has 0 radical (unpaired) electrons. The zero-order chi connectivity index (χ0) is 13.1. The van der Waals surface area contributed by atoms with Gasteiger partial charge in [0, 0.05) is 0 Å². The second-order valence-electron chi connectivity index (χ2n) is 5.22. The Hall–Kier alpha value is -0.430. The van der Waals surface area contributed by atoms with Crippen LogP contribution in [0.3, 0.4) is 0 Å². The normalized spacial score (nSPS) is 12.0. The Labute approximate surface area is 120 Å². The molecule has 0 unspecified atom stereocenters. The molecule has 0 spiro atoms. The van der Waals surface area contributed by atoms with Crippen LogP contribution in [0.5, 0.6) is 0 Å². The fraction of sp³-hybridized carbons (Fsp3) is 0.500. The van der Waals surface area contributed by atoms with E-state index in [0.29, 0.717) is 11.4 Å². The minimum absolute atomic E-state index is 0. The summed E-state index contributed by atoms with van der Waals surface area (Å²) in [6, 6.07) is 6.86. The number of benzene rings is 1. The predicted molar refractivity (Wildman–Crippen MR) is 69.3 cm³/mol. The minimum atomic E-state index is -3.36. The predicted octanol–water partition coefficient (Wildman–Crippen LogP) is -2.02. The zero-order valence-corrected chi connectivity index (χ0v) is 13.7. The maximum Gasteiger partial charge on any atom is 0.240 e. The number of rotatable bonds is 5. The summed E-state index contributed by atoms with van der Waals surface area (Å²) in [5.41, 5.74) is 1.05. The molecule has 1 rings (SSSR count). The molecule has 0 saturated heterocycles. The van der Waals surface area contributed by atoms with Gasteiger partial charge in [-0.05, 0) is 19.1 Å². The third-order valence-electron chi connectivity index (χ3n) is 2.41. The van der Waals surface area contributed by atoms with Gasteiger partial charge in [-0.15, -0.1) is 0 Å². The van der Waals surface area contributed by atoms with E-state index < -0.39 is 10.0 Å². The summed E-state index contributed by atoms with van der Waals surface area (Å²) in [5.74, 6) is 0. The van der Waals surface area contributed by atoms with Crippen molar-refractivity contribution in [1.82, 2.24) is 4.72 Å². The van der Waals surface area contributed by atoms with Crippen molar-refractivity contribution < 1.29 is 29.9 Å². The molecule has 0 saturated carbocycles. The summed E-state index contributed by atoms with van der Waals surface area (Å²) >= 11 is 0. The Morgan fingerprint density at radius 1 is 1.11 bits per heavy atom. The molecule has 0 aliphatic carbocycles. The highest BCUT2D eigenvalue weighted by molar-refractivity contribution is 7.89. The van der Waals surface area contributed by atoms with Crippen molar-refractivity contribution >= 4 is 10.0 Å². The van der Waals surface area contributed by atoms with Crippen LogP contribution in [0.4, 0.5) is 0 Å². The first kappa shape index (κ1) is 17.6. The lowest BCUT2D eigenvalue weighted by Gasteiger charge is -2.23. The van der Waals surface area contributed by atoms with Crippen LogP contribution in [0.2, 0.25) is 0 Å². The molecule has 0 fully saturated rings. The van der Waals surface area contributed by atoms with Gasteiger partial charge in [-0.1, -0.05) is 17.7 Å². The van der Waals surface area contributed by atoms with Crippen LogP contribution in [0.1, 0.15) is 5.56 Å². The molecule has 0 aliphatic rings. The van der Waals surface area contributed by atoms with E-state index in [-0.39, 0.29) is 17.0 Å². The number of aryl methyl sites for hydroxylation is 1. The fourth-order valence-corrected chi connectivity index (χ4v) is 2.34. The van der Waals surface area contributed by atoms with Gasteiger partial charge in [0.05, 0.1) is 39.1 Å². The summed E-state index contributed by atoms with van der Waals surface area (Å²) in [6.07, 6.45) is 0. The lowest BCUT2D eigenvalue weighted by Crippen LogP contribution is -3.00. The van der Waals surface area contributed by atoms with E-state index in [9.17, 15) is 8.42 Å². The molecular formula is C12H21BrN2O2S. The van der Waals surface area contributed by atoms with Crippen molar-refractivity contribution in [1.29, 1.82) is 0 Å². The van der Waals surface area contributed by atoms with Gasteiger partial charge in [0.2, 0.25) is 10.0 Å². The number of sulfonamides is 1. The van der Waals surface area contributed by atoms with Crippen LogP contribution in [0.25, 0.3) is 0 Å². The van der Waals surface area contributed by atoms with Gasteiger partial charge in [-0.25, -0.2) is 13.1 Å². The molecule has 0 aromatic heterocycles. The van der Waals surface area contributed by atoms with Crippen molar-refractivity contribution in [3.05, 3.63) is 29.8 Å². The smallest absolute Gasteiger partial charge is 0.240 e. The van der Waals surface area contributed by atoms with Crippen molar-refractivity contribution in [2.45, 2.75) is 11.8 Å². The van der Waals surface area contributed by atoms with Gasteiger partial charge in [0.15, 0.2) is 0 Å². The highest BCUT2D eigenvalue weighted by Gasteiger charge is 2.15. The van der Waals surface area contributed by atoms with E-state index in [2.05, 4.69) is 4.72 Å². The summed E-state index contributed by atoms with van der Waals surface area (Å²) in [6.45, 7) is 3.13. The first-order valence-corrected chi connectivity index (χ1v) is 7.06. The van der Waals surface area contributed by atoms with Gasteiger partial charge in [0.25, 0.3) is 0 Å². The Morgan fingerprint density at radius 2 is 1.61 bits per heavy atom. The quantitative estimate of drug-likeness (QED) is 0.631. The first-order chi connectivity index (χ1) is 7.71. The van der Waals surface area contributed by atoms with Gasteiger partial charge in [-0.3, -0.25) is 0 Å². The molecule has 0 amide bonds. The van der Waals surface area contributed by atoms with Crippen LogP contribution >= 0.6 is 0 Å². The summed E-state index contributed by atoms with van der Waals surface area (Å²) in [7, 11) is 2.72. The van der Waals surface area contributed by atoms with Crippen LogP contribution in [0.15, 0.2) is 29.2 Å². The molecule has 4 nitrogen and oxygen atoms in total. The molecule has 0 aliphatic heterocycles. The molecule has 0 atom stereocenters. The number of halogens is 1. The van der Waals surface area contributed by atoms with Crippen molar-refractivity contribution in [3.63, 3.8) is 0 Å². The van der Waals surface area contributed by atoms with Crippen LogP contribution < -0.4 is 21.7 Å². The lowest BCUT2D eigenvalue weighted by atomic mass is 10.2. The molecule has 1 aromatic carbocycles. The van der Waals surface area contributed by atoms with Gasteiger partial charge < -0.3 is 21.5 Å². The van der Waals surface area contributed by atoms with Gasteiger partial charge >= 0.3 is 0 Å². The second kappa shape index (κ2) is 6.65. The Balaban J connectivity index is 0.00000289. The van der Waals surface area contributed by atoms with E-state index in [1.54, 1.807) is 24.3 Å². The summed E-state index contributed by atoms with van der Waals surface area (Å²) in [5, 5.41) is 0. The largest absolute Gasteiger partial charge is 1.00 e. The fourth-order valence-electron chi connectivity index (χ4n) is 1.32. The molecule has 18 heavy (non-hydrogen) atoms. The topological polar surface area (TPSA) is 46.2 Å². The Morgan fingerprint density at radius 3 is 2.06 bits per heavy atom.